The lowest BCUT2D eigenvalue weighted by Crippen LogP contribution is -2.55. The monoisotopic (exact) mass is 328 g/mol. The Morgan fingerprint density at radius 1 is 1.33 bits per heavy atom. The Kier molecular flexibility index (Phi) is 3.92. The van der Waals surface area contributed by atoms with Crippen LogP contribution >= 0.6 is 0 Å². The number of carbonyl (C=O) groups is 1. The van der Waals surface area contributed by atoms with Gasteiger partial charge in [-0.3, -0.25) is 9.89 Å². The van der Waals surface area contributed by atoms with Crippen molar-refractivity contribution in [3.8, 4) is 5.75 Å². The number of para-hydroxylation sites is 1. The number of fused-ring (bicyclic) bond motifs is 3. The van der Waals surface area contributed by atoms with Crippen LogP contribution in [-0.2, 0) is 0 Å². The smallest absolute Gasteiger partial charge is 0.272 e. The molecule has 24 heavy (non-hydrogen) atoms. The maximum Gasteiger partial charge on any atom is 0.272 e. The number of piperidine rings is 2. The molecule has 2 bridgehead atoms. The molecule has 0 radical (unpaired) electrons. The van der Waals surface area contributed by atoms with E-state index in [2.05, 4.69) is 27.5 Å². The molecule has 1 aromatic heterocycles. The van der Waals surface area contributed by atoms with Gasteiger partial charge in [-0.15, -0.1) is 0 Å². The summed E-state index contributed by atoms with van der Waals surface area (Å²) in [5, 5.41) is 11.2. The van der Waals surface area contributed by atoms with Crippen molar-refractivity contribution in [3.63, 3.8) is 0 Å². The van der Waals surface area contributed by atoms with Crippen molar-refractivity contribution in [2.45, 2.75) is 50.2 Å². The Morgan fingerprint density at radius 3 is 2.79 bits per heavy atom. The summed E-state index contributed by atoms with van der Waals surface area (Å²) in [6.45, 7) is 0. The standard InChI is InChI=1S/C18H24N4O2/c1-22-12-5-3-6-13(22)10-11(9-12)19-18(23)17-14-7-4-8-15(24-2)16(14)20-21-17/h4,7-8,11-13H,3,5-6,9-10H2,1-2H3,(H,19,23)(H,20,21)/t11?,12-,13+. The van der Waals surface area contributed by atoms with Crippen LogP contribution < -0.4 is 10.1 Å². The third-order valence-electron chi connectivity index (χ3n) is 5.67. The number of H-pyrrole nitrogens is 1. The summed E-state index contributed by atoms with van der Waals surface area (Å²) in [5.41, 5.74) is 1.22. The Morgan fingerprint density at radius 2 is 2.08 bits per heavy atom. The summed E-state index contributed by atoms with van der Waals surface area (Å²) >= 11 is 0. The van der Waals surface area contributed by atoms with Gasteiger partial charge in [0.05, 0.1) is 7.11 Å². The number of aromatic nitrogens is 2. The van der Waals surface area contributed by atoms with Gasteiger partial charge in [0.1, 0.15) is 11.3 Å². The van der Waals surface area contributed by atoms with E-state index in [0.29, 0.717) is 23.5 Å². The number of aromatic amines is 1. The molecule has 4 rings (SSSR count). The molecule has 1 amide bonds. The van der Waals surface area contributed by atoms with E-state index in [-0.39, 0.29) is 11.9 Å². The average Bonchev–Trinajstić information content (AvgIpc) is 3.00. The second-order valence-corrected chi connectivity index (χ2v) is 7.00. The molecule has 6 heteroatoms. The first-order valence-electron chi connectivity index (χ1n) is 8.71. The highest BCUT2D eigenvalue weighted by Crippen LogP contribution is 2.33. The Bertz CT molecular complexity index is 743. The van der Waals surface area contributed by atoms with Crippen molar-refractivity contribution in [2.75, 3.05) is 14.2 Å². The quantitative estimate of drug-likeness (QED) is 0.907. The van der Waals surface area contributed by atoms with Gasteiger partial charge in [0, 0.05) is 23.5 Å². The molecule has 2 aromatic rings. The van der Waals surface area contributed by atoms with Crippen LogP contribution in [0.25, 0.3) is 10.9 Å². The van der Waals surface area contributed by atoms with Crippen LogP contribution in [0.15, 0.2) is 18.2 Å². The van der Waals surface area contributed by atoms with Gasteiger partial charge in [0.2, 0.25) is 0 Å². The van der Waals surface area contributed by atoms with Crippen molar-refractivity contribution in [3.05, 3.63) is 23.9 Å². The lowest BCUT2D eigenvalue weighted by atomic mass is 9.82. The van der Waals surface area contributed by atoms with Crippen LogP contribution in [0.5, 0.6) is 5.75 Å². The molecule has 2 saturated heterocycles. The van der Waals surface area contributed by atoms with Gasteiger partial charge >= 0.3 is 0 Å². The maximum absolute atomic E-state index is 12.7. The Hall–Kier alpha value is -2.08. The van der Waals surface area contributed by atoms with Gasteiger partial charge in [0.25, 0.3) is 5.91 Å². The van der Waals surface area contributed by atoms with Crippen molar-refractivity contribution in [1.82, 2.24) is 20.4 Å². The summed E-state index contributed by atoms with van der Waals surface area (Å²) in [6, 6.07) is 7.08. The van der Waals surface area contributed by atoms with E-state index < -0.39 is 0 Å². The molecule has 6 nitrogen and oxygen atoms in total. The highest BCUT2D eigenvalue weighted by Gasteiger charge is 2.36. The molecular weight excluding hydrogens is 304 g/mol. The second-order valence-electron chi connectivity index (χ2n) is 7.00. The summed E-state index contributed by atoms with van der Waals surface area (Å²) in [5.74, 6) is 0.606. The number of rotatable bonds is 3. The molecular formula is C18H24N4O2. The number of hydrogen-bond acceptors (Lipinski definition) is 4. The van der Waals surface area contributed by atoms with Crippen molar-refractivity contribution in [2.24, 2.45) is 0 Å². The predicted octanol–water partition coefficient (Wildman–Crippen LogP) is 2.32. The van der Waals surface area contributed by atoms with Gasteiger partial charge in [-0.25, -0.2) is 0 Å². The normalized spacial score (nSPS) is 27.2. The molecule has 2 N–H and O–H groups in total. The van der Waals surface area contributed by atoms with Gasteiger partial charge in [0.15, 0.2) is 5.69 Å². The number of benzene rings is 1. The van der Waals surface area contributed by atoms with Crippen molar-refractivity contribution >= 4 is 16.8 Å². The molecule has 2 fully saturated rings. The van der Waals surface area contributed by atoms with Crippen LogP contribution in [0, 0.1) is 0 Å². The average molecular weight is 328 g/mol. The van der Waals surface area contributed by atoms with Crippen LogP contribution in [-0.4, -0.2) is 53.3 Å². The van der Waals surface area contributed by atoms with E-state index in [1.165, 1.54) is 19.3 Å². The van der Waals surface area contributed by atoms with Crippen LogP contribution in [0.1, 0.15) is 42.6 Å². The van der Waals surface area contributed by atoms with E-state index in [4.69, 9.17) is 4.74 Å². The molecule has 1 aromatic carbocycles. The van der Waals surface area contributed by atoms with E-state index in [9.17, 15) is 4.79 Å². The van der Waals surface area contributed by atoms with E-state index >= 15 is 0 Å². The molecule has 128 valence electrons. The number of methoxy groups -OCH3 is 1. The lowest BCUT2D eigenvalue weighted by molar-refractivity contribution is 0.0462. The molecule has 2 aliphatic heterocycles. The summed E-state index contributed by atoms with van der Waals surface area (Å²) in [4.78, 5) is 15.2. The second kappa shape index (κ2) is 6.09. The number of carbonyl (C=O) groups excluding carboxylic acids is 1. The summed E-state index contributed by atoms with van der Waals surface area (Å²) in [6.07, 6.45) is 5.85. The molecule has 0 spiro atoms. The summed E-state index contributed by atoms with van der Waals surface area (Å²) in [7, 11) is 3.84. The third kappa shape index (κ3) is 2.55. The Balaban J connectivity index is 1.53. The lowest BCUT2D eigenvalue weighted by Gasteiger charge is -2.47. The summed E-state index contributed by atoms with van der Waals surface area (Å²) < 4.78 is 5.32. The molecule has 3 atom stereocenters. The van der Waals surface area contributed by atoms with Gasteiger partial charge in [-0.1, -0.05) is 18.6 Å². The van der Waals surface area contributed by atoms with Gasteiger partial charge < -0.3 is 15.0 Å². The van der Waals surface area contributed by atoms with E-state index in [1.54, 1.807) is 7.11 Å². The molecule has 1 unspecified atom stereocenters. The highest BCUT2D eigenvalue weighted by atomic mass is 16.5. The van der Waals surface area contributed by atoms with Crippen LogP contribution in [0.2, 0.25) is 0 Å². The number of amides is 1. The third-order valence-corrected chi connectivity index (χ3v) is 5.67. The fourth-order valence-electron chi connectivity index (χ4n) is 4.35. The number of hydrogen-bond donors (Lipinski definition) is 2. The fraction of sp³-hybridized carbons (Fsp3) is 0.556. The molecule has 0 aliphatic carbocycles. The zero-order chi connectivity index (χ0) is 16.7. The zero-order valence-corrected chi connectivity index (χ0v) is 14.2. The topological polar surface area (TPSA) is 70.2 Å². The minimum atomic E-state index is -0.0953. The Labute approximate surface area is 141 Å². The maximum atomic E-state index is 12.7. The van der Waals surface area contributed by atoms with E-state index in [1.807, 2.05) is 18.2 Å². The first-order chi connectivity index (χ1) is 11.7. The largest absolute Gasteiger partial charge is 0.494 e. The first-order valence-corrected chi connectivity index (χ1v) is 8.71. The predicted molar refractivity (Wildman–Crippen MR) is 92.3 cm³/mol. The number of ether oxygens (including phenoxy) is 1. The first kappa shape index (κ1) is 15.4. The fourth-order valence-corrected chi connectivity index (χ4v) is 4.35. The van der Waals surface area contributed by atoms with Crippen molar-refractivity contribution < 1.29 is 9.53 Å². The van der Waals surface area contributed by atoms with Gasteiger partial charge in [-0.05, 0) is 38.8 Å². The zero-order valence-electron chi connectivity index (χ0n) is 14.2. The van der Waals surface area contributed by atoms with Crippen LogP contribution in [0.3, 0.4) is 0 Å². The molecule has 2 aliphatic rings. The highest BCUT2D eigenvalue weighted by molar-refractivity contribution is 6.06. The SMILES string of the molecule is COc1cccc2c(C(=O)NC3C[C@H]4CCC[C@@H](C3)N4C)n[nH]c12. The van der Waals surface area contributed by atoms with E-state index in [0.717, 1.165) is 23.7 Å². The van der Waals surface area contributed by atoms with Gasteiger partial charge in [-0.2, -0.15) is 5.10 Å². The number of nitrogens with one attached hydrogen (secondary N) is 2. The number of nitrogens with zero attached hydrogens (tertiary/aromatic N) is 2. The minimum Gasteiger partial charge on any atom is -0.494 e. The minimum absolute atomic E-state index is 0.0953. The molecule has 0 saturated carbocycles. The van der Waals surface area contributed by atoms with Crippen molar-refractivity contribution in [1.29, 1.82) is 0 Å². The molecule has 3 heterocycles. The van der Waals surface area contributed by atoms with Crippen LogP contribution in [0.4, 0.5) is 0 Å².